The average Bonchev–Trinajstić information content (AvgIpc) is 3.55. The molecule has 2 fully saturated rings. The molecule has 2 aromatic rings. The van der Waals surface area contributed by atoms with Gasteiger partial charge >= 0.3 is 5.97 Å². The van der Waals surface area contributed by atoms with E-state index in [1.807, 2.05) is 31.2 Å². The van der Waals surface area contributed by atoms with Crippen LogP contribution in [0.3, 0.4) is 0 Å². The molecule has 0 saturated heterocycles. The SMILES string of the molecule is C1CC1.Cc1ccc(F)c(OC2CC(COc3cccc(CC(C)C(=O)O)c3)C2)c1. The van der Waals surface area contributed by atoms with Gasteiger partial charge in [-0.05, 0) is 67.5 Å². The minimum absolute atomic E-state index is 0.0256. The van der Waals surface area contributed by atoms with E-state index in [-0.39, 0.29) is 11.9 Å². The third kappa shape index (κ3) is 7.05. The molecule has 1 atom stereocenters. The summed E-state index contributed by atoms with van der Waals surface area (Å²) >= 11 is 0. The number of aliphatic carboxylic acids is 1. The molecule has 1 unspecified atom stereocenters. The van der Waals surface area contributed by atoms with E-state index < -0.39 is 11.9 Å². The molecule has 2 aromatic carbocycles. The maximum Gasteiger partial charge on any atom is 0.306 e. The second-order valence-electron chi connectivity index (χ2n) is 8.47. The Bertz CT molecular complexity index is 840. The summed E-state index contributed by atoms with van der Waals surface area (Å²) in [4.78, 5) is 11.0. The van der Waals surface area contributed by atoms with Crippen LogP contribution in [0.1, 0.15) is 50.2 Å². The highest BCUT2D eigenvalue weighted by molar-refractivity contribution is 5.69. The Hall–Kier alpha value is -2.56. The molecule has 0 spiro atoms. The lowest BCUT2D eigenvalue weighted by atomic mass is 9.83. The fourth-order valence-corrected chi connectivity index (χ4v) is 3.20. The molecule has 2 aliphatic carbocycles. The Kier molecular flexibility index (Phi) is 7.72. The quantitative estimate of drug-likeness (QED) is 0.593. The normalized spacial score (nSPS) is 20.2. The number of carbonyl (C=O) groups is 1. The predicted octanol–water partition coefficient (Wildman–Crippen LogP) is 5.80. The molecule has 4 nitrogen and oxygen atoms in total. The van der Waals surface area contributed by atoms with E-state index in [4.69, 9.17) is 14.6 Å². The molecule has 162 valence electrons. The summed E-state index contributed by atoms with van der Waals surface area (Å²) in [5, 5.41) is 9.02. The van der Waals surface area contributed by atoms with Gasteiger partial charge in [-0.25, -0.2) is 4.39 Å². The molecule has 2 saturated carbocycles. The van der Waals surface area contributed by atoms with Crippen molar-refractivity contribution in [3.05, 3.63) is 59.4 Å². The van der Waals surface area contributed by atoms with Gasteiger partial charge in [0.15, 0.2) is 11.6 Å². The highest BCUT2D eigenvalue weighted by Gasteiger charge is 2.32. The van der Waals surface area contributed by atoms with Gasteiger partial charge < -0.3 is 14.6 Å². The van der Waals surface area contributed by atoms with Crippen LogP contribution in [0.4, 0.5) is 4.39 Å². The number of hydrogen-bond acceptors (Lipinski definition) is 3. The third-order valence-corrected chi connectivity index (χ3v) is 5.27. The number of hydrogen-bond donors (Lipinski definition) is 1. The Balaban J connectivity index is 0.000000782. The highest BCUT2D eigenvalue weighted by atomic mass is 19.1. The van der Waals surface area contributed by atoms with Gasteiger partial charge in [0.2, 0.25) is 0 Å². The highest BCUT2D eigenvalue weighted by Crippen LogP contribution is 2.33. The van der Waals surface area contributed by atoms with Gasteiger partial charge in [0, 0.05) is 0 Å². The monoisotopic (exact) mass is 414 g/mol. The minimum Gasteiger partial charge on any atom is -0.493 e. The van der Waals surface area contributed by atoms with Crippen molar-refractivity contribution in [3.8, 4) is 11.5 Å². The summed E-state index contributed by atoms with van der Waals surface area (Å²) in [5.41, 5.74) is 1.93. The van der Waals surface area contributed by atoms with E-state index in [1.54, 1.807) is 19.1 Å². The number of benzene rings is 2. The first-order chi connectivity index (χ1) is 14.4. The van der Waals surface area contributed by atoms with E-state index in [1.165, 1.54) is 25.3 Å². The second kappa shape index (κ2) is 10.5. The lowest BCUT2D eigenvalue weighted by Gasteiger charge is -2.35. The molecule has 0 aliphatic heterocycles. The van der Waals surface area contributed by atoms with Gasteiger partial charge in [-0.15, -0.1) is 0 Å². The van der Waals surface area contributed by atoms with E-state index >= 15 is 0 Å². The Morgan fingerprint density at radius 1 is 1.17 bits per heavy atom. The maximum absolute atomic E-state index is 13.7. The summed E-state index contributed by atoms with van der Waals surface area (Å²) in [7, 11) is 0. The van der Waals surface area contributed by atoms with Crippen LogP contribution in [0.5, 0.6) is 11.5 Å². The van der Waals surface area contributed by atoms with E-state index in [2.05, 4.69) is 0 Å². The van der Waals surface area contributed by atoms with Crippen molar-refractivity contribution >= 4 is 5.97 Å². The number of ether oxygens (including phenoxy) is 2. The molecular formula is C25H31FO4. The van der Waals surface area contributed by atoms with Gasteiger partial charge in [0.1, 0.15) is 5.75 Å². The molecular weight excluding hydrogens is 383 g/mol. The van der Waals surface area contributed by atoms with E-state index in [0.717, 1.165) is 29.7 Å². The molecule has 0 radical (unpaired) electrons. The standard InChI is InChI=1S/C22H25FO4.C3H6/c1-14-6-7-20(23)21(8-14)27-19-11-17(12-19)13-26-18-5-3-4-16(10-18)9-15(2)22(24)25;1-2-3-1/h3-8,10,15,17,19H,9,11-13H2,1-2H3,(H,24,25);1-3H2. The maximum atomic E-state index is 13.7. The summed E-state index contributed by atoms with van der Waals surface area (Å²) in [6.45, 7) is 4.19. The fraction of sp³-hybridized carbons (Fsp3) is 0.480. The second-order valence-corrected chi connectivity index (χ2v) is 8.47. The first kappa shape index (κ1) is 22.1. The molecule has 1 N–H and O–H groups in total. The zero-order valence-electron chi connectivity index (χ0n) is 17.8. The number of rotatable bonds is 8. The van der Waals surface area contributed by atoms with Crippen LogP contribution < -0.4 is 9.47 Å². The molecule has 0 aromatic heterocycles. The van der Waals surface area contributed by atoms with Crippen LogP contribution in [0.2, 0.25) is 0 Å². The zero-order valence-corrected chi connectivity index (χ0v) is 17.8. The molecule has 5 heteroatoms. The van der Waals surface area contributed by atoms with Gasteiger partial charge in [-0.1, -0.05) is 44.4 Å². The van der Waals surface area contributed by atoms with Gasteiger partial charge in [-0.2, -0.15) is 0 Å². The van der Waals surface area contributed by atoms with Crippen molar-refractivity contribution in [1.29, 1.82) is 0 Å². The zero-order chi connectivity index (χ0) is 21.5. The molecule has 0 amide bonds. The predicted molar refractivity (Wildman–Crippen MR) is 115 cm³/mol. The van der Waals surface area contributed by atoms with Crippen LogP contribution in [0.15, 0.2) is 42.5 Å². The van der Waals surface area contributed by atoms with Crippen LogP contribution in [-0.2, 0) is 11.2 Å². The Labute approximate surface area is 178 Å². The fourth-order valence-electron chi connectivity index (χ4n) is 3.20. The van der Waals surface area contributed by atoms with Crippen LogP contribution in [0, 0.1) is 24.6 Å². The van der Waals surface area contributed by atoms with Crippen molar-refractivity contribution in [3.63, 3.8) is 0 Å². The number of carboxylic acids is 1. The molecule has 30 heavy (non-hydrogen) atoms. The van der Waals surface area contributed by atoms with Gasteiger partial charge in [0.05, 0.1) is 18.6 Å². The summed E-state index contributed by atoms with van der Waals surface area (Å²) in [6, 6.07) is 12.5. The van der Waals surface area contributed by atoms with Crippen LogP contribution in [-0.4, -0.2) is 23.8 Å². The molecule has 0 bridgehead atoms. The van der Waals surface area contributed by atoms with Gasteiger partial charge in [0.25, 0.3) is 0 Å². The first-order valence-electron chi connectivity index (χ1n) is 10.8. The third-order valence-electron chi connectivity index (χ3n) is 5.27. The van der Waals surface area contributed by atoms with Crippen molar-refractivity contribution in [2.45, 2.75) is 58.5 Å². The Morgan fingerprint density at radius 2 is 1.90 bits per heavy atom. The van der Waals surface area contributed by atoms with Crippen molar-refractivity contribution in [1.82, 2.24) is 0 Å². The topological polar surface area (TPSA) is 55.8 Å². The number of aryl methyl sites for hydroxylation is 1. The van der Waals surface area contributed by atoms with E-state index in [0.29, 0.717) is 24.7 Å². The average molecular weight is 415 g/mol. The number of carboxylic acid groups (broad SMARTS) is 1. The lowest BCUT2D eigenvalue weighted by Crippen LogP contribution is -2.37. The van der Waals surface area contributed by atoms with Crippen molar-refractivity contribution in [2.75, 3.05) is 6.61 Å². The number of halogens is 1. The summed E-state index contributed by atoms with van der Waals surface area (Å²) in [6.07, 6.45) is 6.68. The van der Waals surface area contributed by atoms with Gasteiger partial charge in [-0.3, -0.25) is 4.79 Å². The summed E-state index contributed by atoms with van der Waals surface area (Å²) < 4.78 is 25.3. The van der Waals surface area contributed by atoms with Crippen molar-refractivity contribution in [2.24, 2.45) is 11.8 Å². The Morgan fingerprint density at radius 3 is 2.57 bits per heavy atom. The summed E-state index contributed by atoms with van der Waals surface area (Å²) in [5.74, 6) is -0.102. The largest absolute Gasteiger partial charge is 0.493 e. The smallest absolute Gasteiger partial charge is 0.306 e. The first-order valence-corrected chi connectivity index (χ1v) is 10.8. The lowest BCUT2D eigenvalue weighted by molar-refractivity contribution is -0.141. The molecule has 0 heterocycles. The van der Waals surface area contributed by atoms with Crippen LogP contribution in [0.25, 0.3) is 0 Å². The molecule has 2 aliphatic rings. The minimum atomic E-state index is -0.799. The van der Waals surface area contributed by atoms with Crippen LogP contribution >= 0.6 is 0 Å². The molecule has 4 rings (SSSR count). The van der Waals surface area contributed by atoms with Crippen molar-refractivity contribution < 1.29 is 23.8 Å². The van der Waals surface area contributed by atoms with E-state index in [9.17, 15) is 9.18 Å².